The predicted molar refractivity (Wildman–Crippen MR) is 122 cm³/mol. The van der Waals surface area contributed by atoms with Crippen LogP contribution in [0.3, 0.4) is 0 Å². The van der Waals surface area contributed by atoms with Crippen molar-refractivity contribution in [3.05, 3.63) is 59.7 Å². The van der Waals surface area contributed by atoms with Gasteiger partial charge in [-0.15, -0.1) is 0 Å². The van der Waals surface area contributed by atoms with Crippen LogP contribution in [0.25, 0.3) is 11.1 Å². The molecular weight excluding hydrogens is 440 g/mol. The quantitative estimate of drug-likeness (QED) is 0.516. The molecular formula is C25H28N2O7. The lowest BCUT2D eigenvalue weighted by Crippen LogP contribution is -2.57. The Morgan fingerprint density at radius 3 is 2.32 bits per heavy atom. The number of ether oxygens (including phenoxy) is 3. The molecule has 1 heterocycles. The zero-order chi connectivity index (χ0) is 24.1. The molecule has 2 aromatic carbocycles. The third kappa shape index (κ3) is 4.76. The molecule has 0 aromatic heterocycles. The van der Waals surface area contributed by atoms with E-state index in [2.05, 4.69) is 22.8 Å². The number of carbonyl (C=O) groups excluding carboxylic acids is 2. The number of carbonyl (C=O) groups is 3. The summed E-state index contributed by atoms with van der Waals surface area (Å²) in [6.45, 7) is 0.477. The second-order valence-corrected chi connectivity index (χ2v) is 8.44. The molecule has 9 heteroatoms. The summed E-state index contributed by atoms with van der Waals surface area (Å²) in [4.78, 5) is 36.5. The average molecular weight is 469 g/mol. The normalized spacial score (nSPS) is 19.7. The van der Waals surface area contributed by atoms with Gasteiger partial charge >= 0.3 is 12.1 Å². The number of hydrogen-bond acceptors (Lipinski definition) is 6. The Bertz CT molecular complexity index is 1020. The molecule has 1 saturated heterocycles. The van der Waals surface area contributed by atoms with E-state index in [0.717, 1.165) is 22.3 Å². The van der Waals surface area contributed by atoms with Crippen molar-refractivity contribution in [3.8, 4) is 11.1 Å². The van der Waals surface area contributed by atoms with Gasteiger partial charge in [-0.25, -0.2) is 9.59 Å². The highest BCUT2D eigenvalue weighted by Gasteiger charge is 2.45. The Kier molecular flexibility index (Phi) is 7.14. The van der Waals surface area contributed by atoms with Gasteiger partial charge in [0, 0.05) is 39.0 Å². The van der Waals surface area contributed by atoms with Crippen LogP contribution in [0.4, 0.5) is 4.79 Å². The van der Waals surface area contributed by atoms with Crippen molar-refractivity contribution in [1.82, 2.24) is 10.6 Å². The van der Waals surface area contributed by atoms with Crippen molar-refractivity contribution >= 4 is 18.0 Å². The third-order valence-electron chi connectivity index (χ3n) is 6.39. The molecule has 34 heavy (non-hydrogen) atoms. The molecule has 2 amide bonds. The maximum atomic E-state index is 12.6. The molecule has 9 nitrogen and oxygen atoms in total. The molecule has 1 aliphatic carbocycles. The second-order valence-electron chi connectivity index (χ2n) is 8.44. The van der Waals surface area contributed by atoms with E-state index < -0.39 is 29.6 Å². The number of rotatable bonds is 9. The first kappa shape index (κ1) is 23.7. The Hall–Kier alpha value is -3.43. The van der Waals surface area contributed by atoms with Crippen LogP contribution in [-0.4, -0.2) is 68.2 Å². The number of fused-ring (bicyclic) bond motifs is 3. The highest BCUT2D eigenvalue weighted by atomic mass is 16.5. The fraction of sp³-hybridized carbons (Fsp3) is 0.400. The van der Waals surface area contributed by atoms with E-state index in [-0.39, 0.29) is 45.1 Å². The minimum absolute atomic E-state index is 0.0449. The molecule has 2 aromatic rings. The zero-order valence-electron chi connectivity index (χ0n) is 18.9. The topological polar surface area (TPSA) is 123 Å². The number of amides is 2. The summed E-state index contributed by atoms with van der Waals surface area (Å²) >= 11 is 0. The van der Waals surface area contributed by atoms with Gasteiger partial charge in [0.05, 0.1) is 6.61 Å². The van der Waals surface area contributed by atoms with Gasteiger partial charge in [-0.3, -0.25) is 4.79 Å². The van der Waals surface area contributed by atoms with Crippen LogP contribution in [0, 0.1) is 0 Å². The van der Waals surface area contributed by atoms with Gasteiger partial charge < -0.3 is 30.0 Å². The molecule has 0 bridgehead atoms. The first-order valence-corrected chi connectivity index (χ1v) is 11.2. The minimum atomic E-state index is -1.45. The fourth-order valence-electron chi connectivity index (χ4n) is 4.51. The molecule has 2 atom stereocenters. The van der Waals surface area contributed by atoms with Gasteiger partial charge in [0.15, 0.2) is 5.54 Å². The zero-order valence-corrected chi connectivity index (χ0v) is 18.9. The van der Waals surface area contributed by atoms with Gasteiger partial charge in [0.2, 0.25) is 5.91 Å². The van der Waals surface area contributed by atoms with E-state index in [1.54, 1.807) is 0 Å². The molecule has 0 saturated carbocycles. The van der Waals surface area contributed by atoms with Gasteiger partial charge in [-0.2, -0.15) is 0 Å². The number of nitrogens with one attached hydrogen (secondary N) is 2. The molecule has 0 spiro atoms. The summed E-state index contributed by atoms with van der Waals surface area (Å²) in [6.07, 6.45) is -1.18. The largest absolute Gasteiger partial charge is 0.479 e. The monoisotopic (exact) mass is 468 g/mol. The molecule has 4 rings (SSSR count). The average Bonchev–Trinajstić information content (AvgIpc) is 3.44. The van der Waals surface area contributed by atoms with Gasteiger partial charge in [-0.05, 0) is 22.3 Å². The molecule has 0 radical (unpaired) electrons. The molecule has 180 valence electrons. The van der Waals surface area contributed by atoms with Gasteiger partial charge in [0.25, 0.3) is 0 Å². The predicted octanol–water partition coefficient (Wildman–Crippen LogP) is 2.29. The van der Waals surface area contributed by atoms with Crippen molar-refractivity contribution in [3.63, 3.8) is 0 Å². The minimum Gasteiger partial charge on any atom is -0.479 e. The highest BCUT2D eigenvalue weighted by molar-refractivity contribution is 5.89. The first-order chi connectivity index (χ1) is 16.4. The molecule has 3 N–H and O–H groups in total. The van der Waals surface area contributed by atoms with Crippen LogP contribution in [0.5, 0.6) is 0 Å². The Morgan fingerprint density at radius 2 is 1.76 bits per heavy atom. The van der Waals surface area contributed by atoms with Crippen molar-refractivity contribution in [2.24, 2.45) is 0 Å². The number of benzene rings is 2. The summed E-state index contributed by atoms with van der Waals surface area (Å²) in [5, 5.41) is 14.6. The van der Waals surface area contributed by atoms with E-state index in [9.17, 15) is 19.5 Å². The van der Waals surface area contributed by atoms with Crippen molar-refractivity contribution in [2.75, 3.05) is 33.5 Å². The number of carboxylic acid groups (broad SMARTS) is 1. The Balaban J connectivity index is 1.27. The first-order valence-electron chi connectivity index (χ1n) is 11.2. The van der Waals surface area contributed by atoms with Crippen LogP contribution in [0.15, 0.2) is 48.5 Å². The second kappa shape index (κ2) is 10.2. The summed E-state index contributed by atoms with van der Waals surface area (Å²) < 4.78 is 15.8. The van der Waals surface area contributed by atoms with Gasteiger partial charge in [-0.1, -0.05) is 48.5 Å². The summed E-state index contributed by atoms with van der Waals surface area (Å²) in [6, 6.07) is 16.1. The summed E-state index contributed by atoms with van der Waals surface area (Å²) in [5.41, 5.74) is 3.08. The van der Waals surface area contributed by atoms with Crippen LogP contribution in [0.1, 0.15) is 29.9 Å². The molecule has 1 fully saturated rings. The van der Waals surface area contributed by atoms with Gasteiger partial charge in [0.1, 0.15) is 12.7 Å². The lowest BCUT2D eigenvalue weighted by atomic mass is 9.98. The van der Waals surface area contributed by atoms with Crippen LogP contribution < -0.4 is 10.6 Å². The molecule has 1 aliphatic heterocycles. The van der Waals surface area contributed by atoms with Crippen LogP contribution in [0.2, 0.25) is 0 Å². The van der Waals surface area contributed by atoms with Crippen molar-refractivity contribution < 1.29 is 33.7 Å². The van der Waals surface area contributed by atoms with Crippen LogP contribution in [-0.2, 0) is 23.8 Å². The number of alkyl carbamates (subject to hydrolysis) is 1. The van der Waals surface area contributed by atoms with E-state index in [1.807, 2.05) is 36.4 Å². The smallest absolute Gasteiger partial charge is 0.407 e. The number of aliphatic carboxylic acids is 1. The Labute approximate surface area is 197 Å². The molecule has 2 unspecified atom stereocenters. The number of methoxy groups -OCH3 is 1. The SMILES string of the molecule is COC(CCNC(=O)OCC1c2ccccc2-c2ccccc21)C(=O)NC1(C(=O)O)CCOC1. The Morgan fingerprint density at radius 1 is 1.12 bits per heavy atom. The third-order valence-corrected chi connectivity index (χ3v) is 6.39. The summed E-state index contributed by atoms with van der Waals surface area (Å²) in [7, 11) is 1.36. The van der Waals surface area contributed by atoms with E-state index in [0.29, 0.717) is 0 Å². The molecule has 2 aliphatic rings. The lowest BCUT2D eigenvalue weighted by Gasteiger charge is -2.26. The maximum Gasteiger partial charge on any atom is 0.407 e. The summed E-state index contributed by atoms with van der Waals surface area (Å²) in [5.74, 6) is -1.76. The lowest BCUT2D eigenvalue weighted by molar-refractivity contribution is -0.149. The van der Waals surface area contributed by atoms with E-state index >= 15 is 0 Å². The van der Waals surface area contributed by atoms with Crippen molar-refractivity contribution in [1.29, 1.82) is 0 Å². The van der Waals surface area contributed by atoms with E-state index in [1.165, 1.54) is 7.11 Å². The van der Waals surface area contributed by atoms with E-state index in [4.69, 9.17) is 14.2 Å². The number of hydrogen-bond donors (Lipinski definition) is 3. The standard InChI is InChI=1S/C25H28N2O7/c1-32-21(22(28)27-25(23(29)30)11-13-33-15-25)10-12-26-24(31)34-14-20-18-8-4-2-6-16(18)17-7-3-5-9-19(17)20/h2-9,20-21H,10-15H2,1H3,(H,26,31)(H,27,28)(H,29,30). The maximum absolute atomic E-state index is 12.6. The fourth-order valence-corrected chi connectivity index (χ4v) is 4.51. The highest BCUT2D eigenvalue weighted by Crippen LogP contribution is 2.44. The van der Waals surface area contributed by atoms with Crippen molar-refractivity contribution in [2.45, 2.75) is 30.4 Å². The van der Waals surface area contributed by atoms with Crippen LogP contribution >= 0.6 is 0 Å². The number of carboxylic acids is 1.